The Labute approximate surface area is 126 Å². The molecule has 1 fully saturated rings. The number of aliphatic carboxylic acids is 1. The van der Waals surface area contributed by atoms with E-state index < -0.39 is 5.97 Å². The van der Waals surface area contributed by atoms with Crippen molar-refractivity contribution in [2.75, 3.05) is 6.54 Å². The van der Waals surface area contributed by atoms with Crippen LogP contribution >= 0.6 is 15.9 Å². The van der Waals surface area contributed by atoms with Crippen LogP contribution in [0.5, 0.6) is 0 Å². The van der Waals surface area contributed by atoms with Gasteiger partial charge in [0.15, 0.2) is 0 Å². The number of hydrogen-bond acceptors (Lipinski definition) is 2. The van der Waals surface area contributed by atoms with Gasteiger partial charge in [0, 0.05) is 22.6 Å². The second-order valence-corrected chi connectivity index (χ2v) is 6.12. The zero-order chi connectivity index (χ0) is 14.7. The summed E-state index contributed by atoms with van der Waals surface area (Å²) in [6.45, 7) is 2.54. The van der Waals surface area contributed by atoms with Crippen molar-refractivity contribution in [2.24, 2.45) is 0 Å². The molecule has 0 aromatic heterocycles. The predicted octanol–water partition coefficient (Wildman–Crippen LogP) is 3.23. The summed E-state index contributed by atoms with van der Waals surface area (Å²) < 4.78 is 0.859. The molecule has 4 nitrogen and oxygen atoms in total. The Hall–Kier alpha value is -1.36. The summed E-state index contributed by atoms with van der Waals surface area (Å²) >= 11 is 3.38. The van der Waals surface area contributed by atoms with Gasteiger partial charge in [-0.2, -0.15) is 0 Å². The number of carboxylic acids is 1. The first-order chi connectivity index (χ1) is 9.49. The molecule has 20 heavy (non-hydrogen) atoms. The van der Waals surface area contributed by atoms with Gasteiger partial charge in [-0.25, -0.2) is 0 Å². The number of halogens is 1. The van der Waals surface area contributed by atoms with Gasteiger partial charge in [0.05, 0.1) is 6.42 Å². The second-order valence-electron chi connectivity index (χ2n) is 5.21. The number of carboxylic acid groups (broad SMARTS) is 1. The first-order valence-electron chi connectivity index (χ1n) is 6.78. The minimum atomic E-state index is -0.847. The second kappa shape index (κ2) is 6.39. The molecule has 1 unspecified atom stereocenters. The molecule has 0 bridgehead atoms. The van der Waals surface area contributed by atoms with Crippen LogP contribution < -0.4 is 0 Å². The number of likely N-dealkylation sites (tertiary alicyclic amines) is 1. The maximum absolute atomic E-state index is 12.7. The summed E-state index contributed by atoms with van der Waals surface area (Å²) in [5.74, 6) is -0.907. The molecule has 0 radical (unpaired) electrons. The van der Waals surface area contributed by atoms with Crippen molar-refractivity contribution < 1.29 is 14.7 Å². The quantitative estimate of drug-likeness (QED) is 0.919. The first-order valence-corrected chi connectivity index (χ1v) is 7.57. The van der Waals surface area contributed by atoms with E-state index in [2.05, 4.69) is 15.9 Å². The number of amides is 1. The third kappa shape index (κ3) is 3.39. The highest BCUT2D eigenvalue weighted by Crippen LogP contribution is 2.24. The molecule has 5 heteroatoms. The highest BCUT2D eigenvalue weighted by atomic mass is 79.9. The molecule has 1 atom stereocenters. The van der Waals surface area contributed by atoms with Crippen molar-refractivity contribution in [1.82, 2.24) is 4.90 Å². The number of carbonyl (C=O) groups excluding carboxylic acids is 1. The van der Waals surface area contributed by atoms with Gasteiger partial charge in [0.2, 0.25) is 0 Å². The van der Waals surface area contributed by atoms with Crippen LogP contribution in [0.15, 0.2) is 22.7 Å². The Morgan fingerprint density at radius 1 is 1.40 bits per heavy atom. The lowest BCUT2D eigenvalue weighted by Crippen LogP contribution is -2.45. The lowest BCUT2D eigenvalue weighted by atomic mass is 9.97. The normalized spacial score (nSPS) is 18.9. The van der Waals surface area contributed by atoms with Gasteiger partial charge in [-0.1, -0.05) is 22.0 Å². The van der Waals surface area contributed by atoms with Crippen LogP contribution in [0.1, 0.15) is 41.6 Å². The van der Waals surface area contributed by atoms with Gasteiger partial charge in [-0.15, -0.1) is 0 Å². The number of rotatable bonds is 3. The lowest BCUT2D eigenvalue weighted by molar-refractivity contribution is -0.138. The Bertz CT molecular complexity index is 530. The third-order valence-electron chi connectivity index (χ3n) is 3.73. The molecule has 1 saturated heterocycles. The maximum atomic E-state index is 12.7. The van der Waals surface area contributed by atoms with Crippen LogP contribution in [0.4, 0.5) is 0 Å². The smallest absolute Gasteiger partial charge is 0.305 e. The average Bonchev–Trinajstić information content (AvgIpc) is 2.41. The molecular weight excluding hydrogens is 322 g/mol. The fourth-order valence-electron chi connectivity index (χ4n) is 2.66. The monoisotopic (exact) mass is 339 g/mol. The van der Waals surface area contributed by atoms with E-state index in [0.717, 1.165) is 29.3 Å². The molecule has 0 spiro atoms. The molecule has 2 rings (SSSR count). The van der Waals surface area contributed by atoms with Crippen molar-refractivity contribution in [1.29, 1.82) is 0 Å². The van der Waals surface area contributed by atoms with Gasteiger partial charge in [-0.3, -0.25) is 9.59 Å². The Morgan fingerprint density at radius 3 is 2.85 bits per heavy atom. The summed E-state index contributed by atoms with van der Waals surface area (Å²) in [5.41, 5.74) is 1.56. The average molecular weight is 340 g/mol. The minimum absolute atomic E-state index is 0.0266. The van der Waals surface area contributed by atoms with Crippen molar-refractivity contribution in [2.45, 2.75) is 38.6 Å². The summed E-state index contributed by atoms with van der Waals surface area (Å²) in [7, 11) is 0. The van der Waals surface area contributed by atoms with E-state index >= 15 is 0 Å². The van der Waals surface area contributed by atoms with E-state index in [-0.39, 0.29) is 18.4 Å². The Balaban J connectivity index is 2.25. The summed E-state index contributed by atoms with van der Waals surface area (Å²) in [4.78, 5) is 25.4. The number of nitrogens with zero attached hydrogens (tertiary/aromatic N) is 1. The number of aryl methyl sites for hydroxylation is 1. The molecule has 0 saturated carbocycles. The molecule has 1 aromatic rings. The van der Waals surface area contributed by atoms with Crippen LogP contribution in [-0.4, -0.2) is 34.5 Å². The molecular formula is C15H18BrNO3. The zero-order valence-corrected chi connectivity index (χ0v) is 13.0. The largest absolute Gasteiger partial charge is 0.481 e. The van der Waals surface area contributed by atoms with E-state index in [4.69, 9.17) is 5.11 Å². The van der Waals surface area contributed by atoms with Crippen LogP contribution in [0.3, 0.4) is 0 Å². The third-order valence-corrected chi connectivity index (χ3v) is 4.22. The number of carbonyl (C=O) groups is 2. The summed E-state index contributed by atoms with van der Waals surface area (Å²) in [5, 5.41) is 8.99. The van der Waals surface area contributed by atoms with Crippen LogP contribution in [0.25, 0.3) is 0 Å². The molecule has 1 aromatic carbocycles. The van der Waals surface area contributed by atoms with Crippen LogP contribution in [-0.2, 0) is 4.79 Å². The fourth-order valence-corrected chi connectivity index (χ4v) is 3.02. The standard InChI is InChI=1S/C15H18BrNO3/c1-10-5-6-11(16)8-13(10)15(20)17-7-3-2-4-12(17)9-14(18)19/h5-6,8,12H,2-4,7,9H2,1H3,(H,18,19). The van der Waals surface area contributed by atoms with Crippen LogP contribution in [0.2, 0.25) is 0 Å². The van der Waals surface area contributed by atoms with E-state index in [1.54, 1.807) is 4.90 Å². The van der Waals surface area contributed by atoms with Gasteiger partial charge in [-0.05, 0) is 43.9 Å². The molecule has 1 heterocycles. The van der Waals surface area contributed by atoms with E-state index in [1.807, 2.05) is 25.1 Å². The van der Waals surface area contributed by atoms with Gasteiger partial charge < -0.3 is 10.0 Å². The fraction of sp³-hybridized carbons (Fsp3) is 0.467. The van der Waals surface area contributed by atoms with Crippen molar-refractivity contribution in [3.8, 4) is 0 Å². The molecule has 1 amide bonds. The predicted molar refractivity (Wildman–Crippen MR) is 79.8 cm³/mol. The summed E-state index contributed by atoms with van der Waals surface area (Å²) in [6, 6.07) is 5.42. The molecule has 0 aliphatic carbocycles. The number of hydrogen-bond donors (Lipinski definition) is 1. The Morgan fingerprint density at radius 2 is 2.15 bits per heavy atom. The molecule has 1 aliphatic rings. The van der Waals surface area contributed by atoms with Gasteiger partial charge in [0.25, 0.3) is 5.91 Å². The van der Waals surface area contributed by atoms with Gasteiger partial charge >= 0.3 is 5.97 Å². The van der Waals surface area contributed by atoms with E-state index in [9.17, 15) is 9.59 Å². The first kappa shape index (κ1) is 15.0. The summed E-state index contributed by atoms with van der Waals surface area (Å²) in [6.07, 6.45) is 2.72. The SMILES string of the molecule is Cc1ccc(Br)cc1C(=O)N1CCCCC1CC(=O)O. The van der Waals surface area contributed by atoms with E-state index in [1.165, 1.54) is 0 Å². The highest BCUT2D eigenvalue weighted by Gasteiger charge is 2.29. The minimum Gasteiger partial charge on any atom is -0.481 e. The van der Waals surface area contributed by atoms with Crippen molar-refractivity contribution >= 4 is 27.8 Å². The molecule has 108 valence electrons. The number of benzene rings is 1. The van der Waals surface area contributed by atoms with E-state index in [0.29, 0.717) is 12.1 Å². The van der Waals surface area contributed by atoms with Gasteiger partial charge in [0.1, 0.15) is 0 Å². The van der Waals surface area contributed by atoms with Crippen LogP contribution in [0, 0.1) is 6.92 Å². The topological polar surface area (TPSA) is 57.6 Å². The molecule has 1 aliphatic heterocycles. The number of piperidine rings is 1. The molecule has 1 N–H and O–H groups in total. The zero-order valence-electron chi connectivity index (χ0n) is 11.4. The maximum Gasteiger partial charge on any atom is 0.305 e. The Kier molecular flexibility index (Phi) is 4.81. The van der Waals surface area contributed by atoms with Crippen molar-refractivity contribution in [3.05, 3.63) is 33.8 Å². The lowest BCUT2D eigenvalue weighted by Gasteiger charge is -2.35. The van der Waals surface area contributed by atoms with Crippen molar-refractivity contribution in [3.63, 3.8) is 0 Å². The highest BCUT2D eigenvalue weighted by molar-refractivity contribution is 9.10.